The Morgan fingerprint density at radius 1 is 1.29 bits per heavy atom. The highest BCUT2D eigenvalue weighted by Gasteiger charge is 2.46. The van der Waals surface area contributed by atoms with Gasteiger partial charge >= 0.3 is 0 Å². The first-order chi connectivity index (χ1) is 16.7. The lowest BCUT2D eigenvalue weighted by Gasteiger charge is -2.52. The van der Waals surface area contributed by atoms with E-state index in [-0.39, 0.29) is 28.8 Å². The lowest BCUT2D eigenvalue weighted by Crippen LogP contribution is -2.71. The first-order valence-electron chi connectivity index (χ1n) is 11.6. The summed E-state index contributed by atoms with van der Waals surface area (Å²) >= 11 is 5.90. The molecule has 7 nitrogen and oxygen atoms in total. The predicted octanol–water partition coefficient (Wildman–Crippen LogP) is 4.15. The lowest BCUT2D eigenvalue weighted by atomic mass is 9.92. The number of carbonyl (C=O) groups excluding carboxylic acids is 1. The van der Waals surface area contributed by atoms with Crippen LogP contribution in [0.2, 0.25) is 5.28 Å². The summed E-state index contributed by atoms with van der Waals surface area (Å²) in [6, 6.07) is 3.95. The second kappa shape index (κ2) is 12.0. The molecular weight excluding hydrogens is 483 g/mol. The van der Waals surface area contributed by atoms with Crippen molar-refractivity contribution in [1.82, 2.24) is 20.2 Å². The molecular formula is C24H31ClF3N5O2. The van der Waals surface area contributed by atoms with Crippen LogP contribution in [0.25, 0.3) is 0 Å². The number of alkyl halides is 2. The van der Waals surface area contributed by atoms with E-state index < -0.39 is 17.8 Å². The molecule has 2 aliphatic rings. The van der Waals surface area contributed by atoms with E-state index in [0.29, 0.717) is 31.9 Å². The fourth-order valence-corrected chi connectivity index (χ4v) is 4.51. The number of halogens is 4. The van der Waals surface area contributed by atoms with E-state index in [1.165, 1.54) is 12.1 Å². The molecule has 0 bridgehead atoms. The molecule has 35 heavy (non-hydrogen) atoms. The van der Waals surface area contributed by atoms with Gasteiger partial charge in [0.25, 0.3) is 6.43 Å². The van der Waals surface area contributed by atoms with Crippen molar-refractivity contribution < 1.29 is 22.7 Å². The fourth-order valence-electron chi connectivity index (χ4n) is 4.33. The predicted molar refractivity (Wildman–Crippen MR) is 128 cm³/mol. The van der Waals surface area contributed by atoms with Crippen LogP contribution in [0.5, 0.6) is 0 Å². The van der Waals surface area contributed by atoms with Crippen LogP contribution in [0.15, 0.2) is 18.2 Å². The van der Waals surface area contributed by atoms with Gasteiger partial charge < -0.3 is 20.3 Å². The number of nitrogens with one attached hydrogen (secondary N) is 2. The monoisotopic (exact) mass is 513 g/mol. The van der Waals surface area contributed by atoms with Crippen molar-refractivity contribution in [2.45, 2.75) is 52.1 Å². The highest BCUT2D eigenvalue weighted by Crippen LogP contribution is 2.27. The normalized spacial score (nSPS) is 16.5. The molecule has 0 saturated carbocycles. The molecule has 192 valence electrons. The molecule has 3 heterocycles. The molecule has 1 spiro atoms. The summed E-state index contributed by atoms with van der Waals surface area (Å²) in [5.41, 5.74) is 1.25. The van der Waals surface area contributed by atoms with Crippen LogP contribution in [0.4, 0.5) is 19.0 Å². The second-order valence-corrected chi connectivity index (χ2v) is 8.85. The summed E-state index contributed by atoms with van der Waals surface area (Å²) in [7, 11) is 0. The zero-order valence-corrected chi connectivity index (χ0v) is 20.9. The molecule has 11 heteroatoms. The van der Waals surface area contributed by atoms with Crippen molar-refractivity contribution in [2.24, 2.45) is 0 Å². The van der Waals surface area contributed by atoms with Gasteiger partial charge in [-0.05, 0) is 24.4 Å². The number of amides is 1. The van der Waals surface area contributed by atoms with Gasteiger partial charge in [0.05, 0.1) is 24.5 Å². The highest BCUT2D eigenvalue weighted by molar-refractivity contribution is 6.28. The van der Waals surface area contributed by atoms with Gasteiger partial charge in [0.2, 0.25) is 11.2 Å². The van der Waals surface area contributed by atoms with Crippen LogP contribution < -0.4 is 10.6 Å². The van der Waals surface area contributed by atoms with Crippen LogP contribution in [0, 0.1) is 5.82 Å². The van der Waals surface area contributed by atoms with Crippen molar-refractivity contribution in [3.8, 4) is 0 Å². The van der Waals surface area contributed by atoms with Crippen LogP contribution in [0.3, 0.4) is 0 Å². The summed E-state index contributed by atoms with van der Waals surface area (Å²) in [6.45, 7) is 9.56. The number of nitrogens with zero attached hydrogens (tertiary/aromatic N) is 3. The first kappa shape index (κ1) is 27.2. The van der Waals surface area contributed by atoms with E-state index >= 15 is 0 Å². The summed E-state index contributed by atoms with van der Waals surface area (Å²) < 4.78 is 44.7. The molecule has 1 amide bonds. The number of aromatic nitrogens is 2. The minimum atomic E-state index is -2.85. The van der Waals surface area contributed by atoms with Crippen molar-refractivity contribution in [2.75, 3.05) is 38.2 Å². The van der Waals surface area contributed by atoms with Gasteiger partial charge in [0.15, 0.2) is 0 Å². The molecule has 1 aromatic heterocycles. The van der Waals surface area contributed by atoms with E-state index in [2.05, 4.69) is 20.6 Å². The number of hydrogen-bond acceptors (Lipinski definition) is 6. The number of aryl methyl sites for hydroxylation is 1. The quantitative estimate of drug-likeness (QED) is 0.565. The van der Waals surface area contributed by atoms with Crippen molar-refractivity contribution in [3.05, 3.63) is 51.7 Å². The highest BCUT2D eigenvalue weighted by atomic mass is 35.5. The van der Waals surface area contributed by atoms with Crippen LogP contribution in [0.1, 0.15) is 49.6 Å². The van der Waals surface area contributed by atoms with Crippen LogP contribution >= 0.6 is 11.6 Å². The zero-order valence-electron chi connectivity index (χ0n) is 20.1. The molecule has 0 radical (unpaired) electrons. The number of anilines is 1. The maximum atomic E-state index is 14.1. The summed E-state index contributed by atoms with van der Waals surface area (Å²) in [5, 5.41) is 6.37. The van der Waals surface area contributed by atoms with Gasteiger partial charge in [-0.2, -0.15) is 0 Å². The van der Waals surface area contributed by atoms with Gasteiger partial charge in [-0.1, -0.05) is 32.0 Å². The summed E-state index contributed by atoms with van der Waals surface area (Å²) in [4.78, 5) is 21.5. The second-order valence-electron chi connectivity index (χ2n) is 8.51. The summed E-state index contributed by atoms with van der Waals surface area (Å²) in [5.74, 6) is -0.227. The molecule has 2 N–H and O–H groups in total. The number of ether oxygens (including phenoxy) is 1. The average molecular weight is 514 g/mol. The molecule has 0 aliphatic carbocycles. The molecule has 2 aromatic rings. The Morgan fingerprint density at radius 3 is 2.57 bits per heavy atom. The van der Waals surface area contributed by atoms with Crippen molar-refractivity contribution in [3.63, 3.8) is 0 Å². The Bertz CT molecular complexity index is 1040. The first-order valence-corrected chi connectivity index (χ1v) is 12.0. The maximum absolute atomic E-state index is 14.1. The number of piperazine rings is 1. The number of rotatable bonds is 6. The van der Waals surface area contributed by atoms with E-state index in [0.717, 1.165) is 37.0 Å². The minimum Gasteiger partial charge on any atom is -0.376 e. The molecule has 2 fully saturated rings. The molecule has 1 aromatic carbocycles. The number of benzene rings is 1. The van der Waals surface area contributed by atoms with Crippen LogP contribution in [-0.2, 0) is 28.9 Å². The largest absolute Gasteiger partial charge is 0.376 e. The molecule has 0 atom stereocenters. The lowest BCUT2D eigenvalue weighted by molar-refractivity contribution is -0.169. The number of carbonyl (C=O) groups is 1. The van der Waals surface area contributed by atoms with Crippen molar-refractivity contribution in [1.29, 1.82) is 0 Å². The van der Waals surface area contributed by atoms with Gasteiger partial charge in [0.1, 0.15) is 17.2 Å². The summed E-state index contributed by atoms with van der Waals surface area (Å²) in [6.07, 6.45) is -1.47. The standard InChI is InChI=1S/C16H17ClF3N3.C8H14N2O2/c1-3-10-12(4-2)22-16(17)23-15(10)21-8-9-6-5-7-11(13(9)18)14(19)20;1-7(11)10-3-2-9-4-8(10)5-12-6-8/h5-7,14H,3-4,8H2,1-2H3,(H,21,22,23);9H,2-6H2,1H3. The van der Waals surface area contributed by atoms with Gasteiger partial charge in [-0.25, -0.2) is 23.1 Å². The Labute approximate surface area is 208 Å². The molecule has 2 aliphatic heterocycles. The van der Waals surface area contributed by atoms with E-state index in [4.69, 9.17) is 16.3 Å². The fraction of sp³-hybridized carbons (Fsp3) is 0.542. The van der Waals surface area contributed by atoms with E-state index in [9.17, 15) is 18.0 Å². The molecule has 2 saturated heterocycles. The Balaban J connectivity index is 0.000000237. The SMILES string of the molecule is CC(=O)N1CCNCC12COC2.CCc1nc(Cl)nc(NCc2cccc(C(F)F)c2F)c1CC. The van der Waals surface area contributed by atoms with Gasteiger partial charge in [0, 0.05) is 44.2 Å². The number of hydrogen-bond donors (Lipinski definition) is 2. The average Bonchev–Trinajstić information content (AvgIpc) is 2.82. The van der Waals surface area contributed by atoms with Gasteiger partial charge in [-0.3, -0.25) is 4.79 Å². The topological polar surface area (TPSA) is 79.4 Å². The van der Waals surface area contributed by atoms with Crippen LogP contribution in [-0.4, -0.2) is 59.2 Å². The van der Waals surface area contributed by atoms with Crippen molar-refractivity contribution >= 4 is 23.3 Å². The smallest absolute Gasteiger partial charge is 0.266 e. The minimum absolute atomic E-state index is 0.00984. The van der Waals surface area contributed by atoms with Gasteiger partial charge in [-0.15, -0.1) is 0 Å². The molecule has 4 rings (SSSR count). The van der Waals surface area contributed by atoms with E-state index in [1.54, 1.807) is 6.92 Å². The Kier molecular flexibility index (Phi) is 9.32. The third-order valence-corrected chi connectivity index (χ3v) is 6.37. The maximum Gasteiger partial charge on any atom is 0.266 e. The zero-order chi connectivity index (χ0) is 25.6. The Hall–Kier alpha value is -2.43. The third-order valence-electron chi connectivity index (χ3n) is 6.20. The van der Waals surface area contributed by atoms with E-state index in [1.807, 2.05) is 18.7 Å². The third kappa shape index (κ3) is 6.23. The molecule has 0 unspecified atom stereocenters. The Morgan fingerprint density at radius 2 is 2.03 bits per heavy atom.